The number of halogens is 6. The van der Waals surface area contributed by atoms with Gasteiger partial charge in [-0.05, 0) is 0 Å². The third kappa shape index (κ3) is 1.61. The van der Waals surface area contributed by atoms with Gasteiger partial charge in [-0.15, -0.1) is 0 Å². The Balaban J connectivity index is 3.15. The minimum Gasteiger partial charge on any atom is -0.332 e. The van der Waals surface area contributed by atoms with Crippen molar-refractivity contribution < 1.29 is 0 Å². The van der Waals surface area contributed by atoms with Gasteiger partial charge < -0.3 is 4.57 Å². The molecule has 0 aliphatic rings. The zero-order valence-corrected chi connectivity index (χ0v) is 12.3. The summed E-state index contributed by atoms with van der Waals surface area (Å²) in [6.07, 6.45) is 0. The van der Waals surface area contributed by atoms with Crippen molar-refractivity contribution in [2.24, 2.45) is 7.05 Å². The second-order valence-corrected chi connectivity index (χ2v) is 5.39. The summed E-state index contributed by atoms with van der Waals surface area (Å²) in [7, 11) is 1.71. The van der Waals surface area contributed by atoms with Gasteiger partial charge in [0, 0.05) is 12.4 Å². The molecule has 1 nitrogen and oxygen atoms in total. The van der Waals surface area contributed by atoms with Crippen molar-refractivity contribution in [1.29, 1.82) is 0 Å². The van der Waals surface area contributed by atoms with Crippen LogP contribution in [0, 0.1) is 0 Å². The summed E-state index contributed by atoms with van der Waals surface area (Å²) in [6.45, 7) is 0. The number of aromatic nitrogens is 1. The summed E-state index contributed by atoms with van der Waals surface area (Å²) >= 11 is 36.1. The Hall–Kier alpha value is 0.500. The van der Waals surface area contributed by atoms with Crippen LogP contribution in [0.3, 0.4) is 0 Å². The third-order valence-corrected chi connectivity index (χ3v) is 4.97. The lowest BCUT2D eigenvalue weighted by Crippen LogP contribution is -1.88. The van der Waals surface area contributed by atoms with Gasteiger partial charge in [0.1, 0.15) is 5.15 Å². The van der Waals surface area contributed by atoms with Gasteiger partial charge in [-0.3, -0.25) is 0 Å². The molecule has 7 heteroatoms. The molecule has 1 aromatic heterocycles. The first-order chi connectivity index (χ1) is 7.37. The normalized spacial score (nSPS) is 11.4. The molecule has 0 saturated heterocycles. The van der Waals surface area contributed by atoms with Gasteiger partial charge in [0.15, 0.2) is 0 Å². The molecule has 1 aromatic carbocycles. The van der Waals surface area contributed by atoms with E-state index < -0.39 is 0 Å². The average molecular weight is 338 g/mol. The lowest BCUT2D eigenvalue weighted by molar-refractivity contribution is 0.970. The van der Waals surface area contributed by atoms with Gasteiger partial charge >= 0.3 is 0 Å². The van der Waals surface area contributed by atoms with Crippen molar-refractivity contribution in [3.8, 4) is 0 Å². The highest BCUT2D eigenvalue weighted by atomic mass is 35.5. The molecule has 0 radical (unpaired) electrons. The lowest BCUT2D eigenvalue weighted by atomic mass is 10.2. The maximum Gasteiger partial charge on any atom is 0.128 e. The average Bonchev–Trinajstić information content (AvgIpc) is 2.48. The zero-order chi connectivity index (χ0) is 12.2. The van der Waals surface area contributed by atoms with E-state index in [0.29, 0.717) is 21.1 Å². The van der Waals surface area contributed by atoms with Crippen LogP contribution >= 0.6 is 69.6 Å². The Morgan fingerprint density at radius 2 is 1.19 bits per heavy atom. The molecule has 0 aliphatic heterocycles. The van der Waals surface area contributed by atoms with Gasteiger partial charge in [-0.25, -0.2) is 0 Å². The summed E-state index contributed by atoms with van der Waals surface area (Å²) in [5.41, 5.74) is 0.566. The van der Waals surface area contributed by atoms with Crippen molar-refractivity contribution >= 4 is 80.5 Å². The molecule has 0 bridgehead atoms. The van der Waals surface area contributed by atoms with Gasteiger partial charge in [0.25, 0.3) is 0 Å². The van der Waals surface area contributed by atoms with Crippen molar-refractivity contribution in [3.05, 3.63) is 30.3 Å². The van der Waals surface area contributed by atoms with Crippen molar-refractivity contribution in [1.82, 2.24) is 4.57 Å². The van der Waals surface area contributed by atoms with E-state index in [4.69, 9.17) is 69.6 Å². The number of hydrogen-bond acceptors (Lipinski definition) is 0. The molecule has 0 amide bonds. The summed E-state index contributed by atoms with van der Waals surface area (Å²) in [5.74, 6) is 0. The Morgan fingerprint density at radius 1 is 0.688 bits per heavy atom. The van der Waals surface area contributed by atoms with Crippen LogP contribution in [0.1, 0.15) is 0 Å². The van der Waals surface area contributed by atoms with E-state index in [-0.39, 0.29) is 20.1 Å². The van der Waals surface area contributed by atoms with Crippen LogP contribution in [0.4, 0.5) is 0 Å². The van der Waals surface area contributed by atoms with E-state index in [1.165, 1.54) is 0 Å². The summed E-state index contributed by atoms with van der Waals surface area (Å²) in [5, 5.41) is 2.04. The fourth-order valence-corrected chi connectivity index (χ4v) is 3.09. The molecular formula is C9H3Cl6N. The standard InChI is InChI=1S/C9H3Cl6N/c1-16-8-2(4(11)9(16)15)3(10)5(12)6(13)7(8)14/h1H3. The van der Waals surface area contributed by atoms with Crippen LogP contribution in [0.5, 0.6) is 0 Å². The fourth-order valence-electron chi connectivity index (χ4n) is 1.48. The SMILES string of the molecule is Cn1c(Cl)c(Cl)c2c(Cl)c(Cl)c(Cl)c(Cl)c21. The second-order valence-electron chi connectivity index (χ2n) is 3.14. The van der Waals surface area contributed by atoms with E-state index in [2.05, 4.69) is 0 Å². The quantitative estimate of drug-likeness (QED) is 0.404. The molecule has 86 valence electrons. The van der Waals surface area contributed by atoms with Gasteiger partial charge in [0.05, 0.1) is 30.6 Å². The van der Waals surface area contributed by atoms with Crippen LogP contribution in [0.15, 0.2) is 0 Å². The summed E-state index contributed by atoms with van der Waals surface area (Å²) in [4.78, 5) is 0. The number of nitrogens with zero attached hydrogens (tertiary/aromatic N) is 1. The lowest BCUT2D eigenvalue weighted by Gasteiger charge is -2.06. The molecule has 0 aliphatic carbocycles. The predicted octanol–water partition coefficient (Wildman–Crippen LogP) is 6.10. The van der Waals surface area contributed by atoms with E-state index in [9.17, 15) is 0 Å². The number of rotatable bonds is 0. The number of fused-ring (bicyclic) bond motifs is 1. The molecule has 1 heterocycles. The Morgan fingerprint density at radius 3 is 1.75 bits per heavy atom. The van der Waals surface area contributed by atoms with Gasteiger partial charge in [-0.2, -0.15) is 0 Å². The highest BCUT2D eigenvalue weighted by Gasteiger charge is 2.22. The molecular weight excluding hydrogens is 335 g/mol. The smallest absolute Gasteiger partial charge is 0.128 e. The van der Waals surface area contributed by atoms with Gasteiger partial charge in [0.2, 0.25) is 0 Å². The van der Waals surface area contributed by atoms with E-state index in [0.717, 1.165) is 0 Å². The minimum absolute atomic E-state index is 0.171. The van der Waals surface area contributed by atoms with Crippen molar-refractivity contribution in [3.63, 3.8) is 0 Å². The molecule has 2 rings (SSSR count). The van der Waals surface area contributed by atoms with Crippen LogP contribution in [-0.4, -0.2) is 4.57 Å². The molecule has 16 heavy (non-hydrogen) atoms. The number of hydrogen-bond donors (Lipinski definition) is 0. The first kappa shape index (κ1) is 12.9. The third-order valence-electron chi connectivity index (χ3n) is 2.27. The molecule has 0 unspecified atom stereocenters. The Kier molecular flexibility index (Phi) is 3.49. The Bertz CT molecular complexity index is 549. The fraction of sp³-hybridized carbons (Fsp3) is 0.111. The number of aryl methyl sites for hydroxylation is 1. The van der Waals surface area contributed by atoms with Crippen LogP contribution < -0.4 is 0 Å². The maximum atomic E-state index is 6.08. The molecule has 0 fully saturated rings. The van der Waals surface area contributed by atoms with E-state index in [1.807, 2.05) is 0 Å². The zero-order valence-electron chi connectivity index (χ0n) is 7.72. The highest BCUT2D eigenvalue weighted by Crippen LogP contribution is 2.48. The van der Waals surface area contributed by atoms with E-state index in [1.54, 1.807) is 11.6 Å². The first-order valence-electron chi connectivity index (χ1n) is 4.03. The molecule has 0 saturated carbocycles. The molecule has 0 spiro atoms. The predicted molar refractivity (Wildman–Crippen MR) is 73.0 cm³/mol. The summed E-state index contributed by atoms with van der Waals surface area (Å²) < 4.78 is 1.61. The minimum atomic E-state index is 0.171. The second kappa shape index (κ2) is 4.31. The van der Waals surface area contributed by atoms with Crippen molar-refractivity contribution in [2.45, 2.75) is 0 Å². The van der Waals surface area contributed by atoms with Crippen LogP contribution in [-0.2, 0) is 7.05 Å². The molecule has 0 atom stereocenters. The van der Waals surface area contributed by atoms with E-state index >= 15 is 0 Å². The van der Waals surface area contributed by atoms with Gasteiger partial charge in [-0.1, -0.05) is 69.6 Å². The first-order valence-corrected chi connectivity index (χ1v) is 6.30. The van der Waals surface area contributed by atoms with Crippen molar-refractivity contribution in [2.75, 3.05) is 0 Å². The maximum absolute atomic E-state index is 6.08. The van der Waals surface area contributed by atoms with Crippen LogP contribution in [0.2, 0.25) is 30.3 Å². The summed E-state index contributed by atoms with van der Waals surface area (Å²) in [6, 6.07) is 0. The van der Waals surface area contributed by atoms with Crippen LogP contribution in [0.25, 0.3) is 10.9 Å². The largest absolute Gasteiger partial charge is 0.332 e. The Labute approximate surface area is 122 Å². The molecule has 0 N–H and O–H groups in total. The highest BCUT2D eigenvalue weighted by molar-refractivity contribution is 6.57. The topological polar surface area (TPSA) is 4.93 Å². The number of benzene rings is 1. The monoisotopic (exact) mass is 335 g/mol. The molecule has 2 aromatic rings.